The lowest BCUT2D eigenvalue weighted by Gasteiger charge is -2.11. The number of aliphatic imine (C=N–C) groups is 1. The van der Waals surface area contributed by atoms with Crippen molar-refractivity contribution < 1.29 is 0 Å². The normalized spacial score (nSPS) is 11.4. The van der Waals surface area contributed by atoms with Gasteiger partial charge in [0, 0.05) is 25.2 Å². The predicted octanol–water partition coefficient (Wildman–Crippen LogP) is 3.27. The molecule has 0 aliphatic heterocycles. The Morgan fingerprint density at radius 3 is 2.37 bits per heavy atom. The first-order valence-corrected chi connectivity index (χ1v) is 7.30. The lowest BCUT2D eigenvalue weighted by molar-refractivity contribution is 0.811. The summed E-state index contributed by atoms with van der Waals surface area (Å²) < 4.78 is 0. The Bertz CT molecular complexity index is 520. The van der Waals surface area contributed by atoms with E-state index in [2.05, 4.69) is 32.5 Å². The van der Waals surface area contributed by atoms with E-state index in [9.17, 15) is 0 Å². The SMILES string of the molecule is CN=C(NCc1ccc(Cl)cc1)NCc1ccsc1. The molecule has 100 valence electrons. The number of hydrogen-bond donors (Lipinski definition) is 2. The Morgan fingerprint density at radius 1 is 1.11 bits per heavy atom. The van der Waals surface area contributed by atoms with Gasteiger partial charge in [0.05, 0.1) is 0 Å². The van der Waals surface area contributed by atoms with Crippen LogP contribution in [0.3, 0.4) is 0 Å². The van der Waals surface area contributed by atoms with Gasteiger partial charge in [-0.25, -0.2) is 0 Å². The molecule has 0 fully saturated rings. The third-order valence-corrected chi connectivity index (χ3v) is 3.62. The second-order valence-electron chi connectivity index (χ2n) is 4.04. The number of thiophene rings is 1. The largest absolute Gasteiger partial charge is 0.352 e. The van der Waals surface area contributed by atoms with Crippen molar-refractivity contribution in [1.82, 2.24) is 10.6 Å². The summed E-state index contributed by atoms with van der Waals surface area (Å²) in [6, 6.07) is 9.88. The zero-order chi connectivity index (χ0) is 13.5. The molecule has 0 amide bonds. The van der Waals surface area contributed by atoms with E-state index < -0.39 is 0 Å². The minimum absolute atomic E-state index is 0.723. The molecule has 1 heterocycles. The molecule has 0 atom stereocenters. The summed E-state index contributed by atoms with van der Waals surface area (Å²) >= 11 is 7.55. The highest BCUT2D eigenvalue weighted by Crippen LogP contribution is 2.09. The van der Waals surface area contributed by atoms with E-state index in [1.165, 1.54) is 11.1 Å². The van der Waals surface area contributed by atoms with Gasteiger partial charge in [0.15, 0.2) is 5.96 Å². The highest BCUT2D eigenvalue weighted by molar-refractivity contribution is 7.07. The lowest BCUT2D eigenvalue weighted by Crippen LogP contribution is -2.36. The first kappa shape index (κ1) is 13.9. The van der Waals surface area contributed by atoms with Crippen molar-refractivity contribution in [2.45, 2.75) is 13.1 Å². The van der Waals surface area contributed by atoms with Crippen molar-refractivity contribution >= 4 is 28.9 Å². The Kier molecular flexibility index (Phi) is 5.24. The van der Waals surface area contributed by atoms with Gasteiger partial charge in [-0.1, -0.05) is 23.7 Å². The Labute approximate surface area is 122 Å². The smallest absolute Gasteiger partial charge is 0.191 e. The predicted molar refractivity (Wildman–Crippen MR) is 82.8 cm³/mol. The number of rotatable bonds is 4. The van der Waals surface area contributed by atoms with E-state index >= 15 is 0 Å². The van der Waals surface area contributed by atoms with Gasteiger partial charge in [-0.15, -0.1) is 0 Å². The molecule has 2 aromatic rings. The second-order valence-corrected chi connectivity index (χ2v) is 5.25. The summed E-state index contributed by atoms with van der Waals surface area (Å²) in [6.07, 6.45) is 0. The van der Waals surface area contributed by atoms with Crippen LogP contribution < -0.4 is 10.6 Å². The topological polar surface area (TPSA) is 36.4 Å². The van der Waals surface area contributed by atoms with Gasteiger partial charge in [-0.3, -0.25) is 4.99 Å². The highest BCUT2D eigenvalue weighted by Gasteiger charge is 1.99. The van der Waals surface area contributed by atoms with E-state index in [4.69, 9.17) is 11.6 Å². The molecule has 2 N–H and O–H groups in total. The number of benzene rings is 1. The summed E-state index contributed by atoms with van der Waals surface area (Å²) in [5, 5.41) is 11.5. The van der Waals surface area contributed by atoms with Gasteiger partial charge in [0.25, 0.3) is 0 Å². The van der Waals surface area contributed by atoms with Crippen LogP contribution in [0.25, 0.3) is 0 Å². The van der Waals surface area contributed by atoms with Crippen LogP contribution in [0, 0.1) is 0 Å². The summed E-state index contributed by atoms with van der Waals surface area (Å²) in [5.41, 5.74) is 2.43. The molecule has 0 bridgehead atoms. The number of guanidine groups is 1. The van der Waals surface area contributed by atoms with Crippen LogP contribution in [0.5, 0.6) is 0 Å². The van der Waals surface area contributed by atoms with E-state index in [0.29, 0.717) is 0 Å². The van der Waals surface area contributed by atoms with E-state index in [1.54, 1.807) is 18.4 Å². The maximum atomic E-state index is 5.85. The molecule has 0 radical (unpaired) electrons. The zero-order valence-electron chi connectivity index (χ0n) is 10.7. The first-order chi connectivity index (χ1) is 9.28. The van der Waals surface area contributed by atoms with E-state index in [1.807, 2.05) is 24.3 Å². The van der Waals surface area contributed by atoms with Crippen molar-refractivity contribution in [3.05, 3.63) is 57.2 Å². The Balaban J connectivity index is 1.81. The van der Waals surface area contributed by atoms with Crippen LogP contribution in [0.15, 0.2) is 46.1 Å². The molecule has 0 unspecified atom stereocenters. The standard InChI is InChI=1S/C14H16ClN3S/c1-16-14(18-9-12-6-7-19-10-12)17-8-11-2-4-13(15)5-3-11/h2-7,10H,8-9H2,1H3,(H2,16,17,18). The quantitative estimate of drug-likeness (QED) is 0.670. The average molecular weight is 294 g/mol. The monoisotopic (exact) mass is 293 g/mol. The van der Waals surface area contributed by atoms with E-state index in [-0.39, 0.29) is 0 Å². The molecule has 5 heteroatoms. The molecule has 0 aliphatic carbocycles. The van der Waals surface area contributed by atoms with Gasteiger partial charge in [-0.2, -0.15) is 11.3 Å². The third-order valence-electron chi connectivity index (χ3n) is 2.64. The number of halogens is 1. The van der Waals surface area contributed by atoms with Gasteiger partial charge < -0.3 is 10.6 Å². The third kappa shape index (κ3) is 4.58. The molecule has 0 saturated heterocycles. The molecule has 0 saturated carbocycles. The first-order valence-electron chi connectivity index (χ1n) is 5.98. The van der Waals surface area contributed by atoms with Gasteiger partial charge in [0.1, 0.15) is 0 Å². The van der Waals surface area contributed by atoms with Crippen molar-refractivity contribution in [3.63, 3.8) is 0 Å². The number of nitrogens with zero attached hydrogens (tertiary/aromatic N) is 1. The Morgan fingerprint density at radius 2 is 1.79 bits per heavy atom. The molecule has 2 rings (SSSR count). The highest BCUT2D eigenvalue weighted by atomic mass is 35.5. The summed E-state index contributed by atoms with van der Waals surface area (Å²) in [4.78, 5) is 4.19. The number of hydrogen-bond acceptors (Lipinski definition) is 2. The summed E-state index contributed by atoms with van der Waals surface area (Å²) in [5.74, 6) is 0.793. The molecule has 19 heavy (non-hydrogen) atoms. The molecule has 3 nitrogen and oxygen atoms in total. The van der Waals surface area contributed by atoms with Crippen LogP contribution in [0.2, 0.25) is 5.02 Å². The minimum atomic E-state index is 0.723. The summed E-state index contributed by atoms with van der Waals surface area (Å²) in [7, 11) is 1.77. The van der Waals surface area contributed by atoms with Crippen molar-refractivity contribution in [2.75, 3.05) is 7.05 Å². The Hall–Kier alpha value is -1.52. The fourth-order valence-corrected chi connectivity index (χ4v) is 2.38. The maximum Gasteiger partial charge on any atom is 0.191 e. The lowest BCUT2D eigenvalue weighted by atomic mass is 10.2. The zero-order valence-corrected chi connectivity index (χ0v) is 12.3. The van der Waals surface area contributed by atoms with Crippen LogP contribution in [-0.2, 0) is 13.1 Å². The van der Waals surface area contributed by atoms with Crippen LogP contribution >= 0.6 is 22.9 Å². The molecular formula is C14H16ClN3S. The van der Waals surface area contributed by atoms with Crippen LogP contribution in [0.1, 0.15) is 11.1 Å². The molecule has 1 aromatic heterocycles. The fourth-order valence-electron chi connectivity index (χ4n) is 1.59. The molecule has 0 spiro atoms. The van der Waals surface area contributed by atoms with E-state index in [0.717, 1.165) is 24.1 Å². The summed E-state index contributed by atoms with van der Waals surface area (Å²) in [6.45, 7) is 1.50. The van der Waals surface area contributed by atoms with Crippen LogP contribution in [0.4, 0.5) is 0 Å². The van der Waals surface area contributed by atoms with Gasteiger partial charge in [0.2, 0.25) is 0 Å². The van der Waals surface area contributed by atoms with Crippen molar-refractivity contribution in [3.8, 4) is 0 Å². The van der Waals surface area contributed by atoms with Crippen LogP contribution in [-0.4, -0.2) is 13.0 Å². The van der Waals surface area contributed by atoms with Gasteiger partial charge in [-0.05, 0) is 40.1 Å². The van der Waals surface area contributed by atoms with Crippen molar-refractivity contribution in [1.29, 1.82) is 0 Å². The minimum Gasteiger partial charge on any atom is -0.352 e. The maximum absolute atomic E-state index is 5.85. The molecule has 0 aliphatic rings. The average Bonchev–Trinajstić information content (AvgIpc) is 2.94. The molecular weight excluding hydrogens is 278 g/mol. The fraction of sp³-hybridized carbons (Fsp3) is 0.214. The molecule has 1 aromatic carbocycles. The second kappa shape index (κ2) is 7.16. The van der Waals surface area contributed by atoms with Crippen molar-refractivity contribution in [2.24, 2.45) is 4.99 Å². The van der Waals surface area contributed by atoms with Gasteiger partial charge >= 0.3 is 0 Å². The number of nitrogens with one attached hydrogen (secondary N) is 2.